The number of hydrogen-bond acceptors (Lipinski definition) is 5. The van der Waals surface area contributed by atoms with Gasteiger partial charge in [-0.15, -0.1) is 0 Å². The molecule has 0 aliphatic heterocycles. The summed E-state index contributed by atoms with van der Waals surface area (Å²) in [7, 11) is 0. The number of carbonyl (C=O) groups excluding carboxylic acids is 1. The van der Waals surface area contributed by atoms with E-state index in [0.717, 1.165) is 5.32 Å². The van der Waals surface area contributed by atoms with Crippen LogP contribution in [0.5, 0.6) is 0 Å². The van der Waals surface area contributed by atoms with Gasteiger partial charge in [-0.3, -0.25) is 0 Å². The molecule has 0 heterocycles. The van der Waals surface area contributed by atoms with Gasteiger partial charge in [0, 0.05) is 0 Å². The first-order valence-electron chi connectivity index (χ1n) is 5.97. The molecule has 0 rings (SSSR count). The number of hydrogen-bond donors (Lipinski definition) is 4. The number of nitrogens with two attached hydrogens (primary N) is 1. The van der Waals surface area contributed by atoms with Crippen LogP contribution in [0.3, 0.4) is 0 Å². The molecule has 0 bridgehead atoms. The Hall–Kier alpha value is -0.431. The number of aliphatic carboxylic acids is 2. The normalized spacial score (nSPS) is 13.7. The molecular formula is C11H20N2O5Se2. The average molecular weight is 418 g/mol. The third kappa shape index (κ3) is 9.47. The van der Waals surface area contributed by atoms with Crippen molar-refractivity contribution in [1.82, 2.24) is 5.32 Å². The van der Waals surface area contributed by atoms with Gasteiger partial charge in [0.05, 0.1) is 0 Å². The van der Waals surface area contributed by atoms with Crippen LogP contribution in [0.25, 0.3) is 0 Å². The van der Waals surface area contributed by atoms with Gasteiger partial charge >= 0.3 is 130 Å². The van der Waals surface area contributed by atoms with Crippen LogP contribution in [0.4, 0.5) is 0 Å². The molecule has 0 aromatic heterocycles. The molecule has 0 saturated heterocycles. The zero-order valence-electron chi connectivity index (χ0n) is 11.2. The fraction of sp³-hybridized carbons (Fsp3) is 0.727. The van der Waals surface area contributed by atoms with E-state index < -0.39 is 24.0 Å². The van der Waals surface area contributed by atoms with Crippen molar-refractivity contribution in [1.29, 1.82) is 0 Å². The van der Waals surface area contributed by atoms with E-state index in [0.29, 0.717) is 26.8 Å². The maximum absolute atomic E-state index is 11.5. The summed E-state index contributed by atoms with van der Waals surface area (Å²) in [6.07, 6.45) is 0.821. The quantitative estimate of drug-likeness (QED) is 0.298. The van der Waals surface area contributed by atoms with Crippen molar-refractivity contribution in [3.8, 4) is 0 Å². The molecule has 0 spiro atoms. The summed E-state index contributed by atoms with van der Waals surface area (Å²) >= 11 is 0.0482. The number of carboxylic acids is 2. The second kappa shape index (κ2) is 11.3. The summed E-state index contributed by atoms with van der Waals surface area (Å²) < 4.78 is -0.0504. The second-order valence-electron chi connectivity index (χ2n) is 4.02. The first-order valence-corrected chi connectivity index (χ1v) is 11.0. The minimum atomic E-state index is -1.11. The van der Waals surface area contributed by atoms with E-state index in [1.54, 1.807) is 0 Å². The van der Waals surface area contributed by atoms with E-state index in [1.807, 2.05) is 5.82 Å². The molecule has 0 unspecified atom stereocenters. The number of rotatable bonds is 12. The molecule has 20 heavy (non-hydrogen) atoms. The van der Waals surface area contributed by atoms with Crippen molar-refractivity contribution in [2.45, 2.75) is 42.5 Å². The summed E-state index contributed by atoms with van der Waals surface area (Å²) in [5.74, 6) is 0.0339. The zero-order chi connectivity index (χ0) is 15.5. The molecule has 5 N–H and O–H groups in total. The van der Waals surface area contributed by atoms with Gasteiger partial charge in [-0.05, 0) is 0 Å². The van der Waals surface area contributed by atoms with E-state index in [-0.39, 0.29) is 32.5 Å². The third-order valence-corrected chi connectivity index (χ3v) is 5.56. The summed E-state index contributed by atoms with van der Waals surface area (Å²) in [6, 6.07) is -1.62. The monoisotopic (exact) mass is 420 g/mol. The second-order valence-corrected chi connectivity index (χ2v) is 8.26. The Bertz CT molecular complexity index is 341. The Morgan fingerprint density at radius 1 is 1.20 bits per heavy atom. The van der Waals surface area contributed by atoms with Gasteiger partial charge < -0.3 is 0 Å². The van der Waals surface area contributed by atoms with Crippen LogP contribution < -0.4 is 11.1 Å². The van der Waals surface area contributed by atoms with Gasteiger partial charge in [0.15, 0.2) is 0 Å². The Morgan fingerprint density at radius 2 is 1.85 bits per heavy atom. The average Bonchev–Trinajstić information content (AvgIpc) is 2.39. The van der Waals surface area contributed by atoms with Crippen LogP contribution >= 0.6 is 0 Å². The van der Waals surface area contributed by atoms with E-state index in [1.165, 1.54) is 0 Å². The fourth-order valence-corrected chi connectivity index (χ4v) is 3.71. The molecule has 0 aromatic carbocycles. The molecular weight excluding hydrogens is 398 g/mol. The van der Waals surface area contributed by atoms with Crippen LogP contribution in [-0.4, -0.2) is 74.3 Å². The summed E-state index contributed by atoms with van der Waals surface area (Å²) in [5, 5.41) is 21.3. The molecule has 9 heteroatoms. The van der Waals surface area contributed by atoms with Crippen molar-refractivity contribution in [2.75, 3.05) is 5.44 Å². The SMILES string of the molecule is C[Se]CC[C@H](NC[Se]C(=O)CC[C@H](N)C(=O)O)C(=O)O. The molecule has 2 atom stereocenters. The van der Waals surface area contributed by atoms with Gasteiger partial charge in [0.2, 0.25) is 0 Å². The van der Waals surface area contributed by atoms with Crippen molar-refractivity contribution in [2.24, 2.45) is 5.73 Å². The molecule has 0 amide bonds. The minimum absolute atomic E-state index is 0.0504. The molecule has 0 radical (unpaired) electrons. The van der Waals surface area contributed by atoms with Crippen LogP contribution in [0, 0.1) is 0 Å². The van der Waals surface area contributed by atoms with Crippen molar-refractivity contribution in [3.05, 3.63) is 0 Å². The Labute approximate surface area is 130 Å². The topological polar surface area (TPSA) is 130 Å². The van der Waals surface area contributed by atoms with E-state index >= 15 is 0 Å². The molecule has 0 aliphatic rings. The predicted molar refractivity (Wildman–Crippen MR) is 76.1 cm³/mol. The predicted octanol–water partition coefficient (Wildman–Crippen LogP) is -1.03. The van der Waals surface area contributed by atoms with E-state index in [9.17, 15) is 14.4 Å². The van der Waals surface area contributed by atoms with Crippen LogP contribution in [0.15, 0.2) is 0 Å². The number of nitrogens with one attached hydrogen (secondary N) is 1. The summed E-state index contributed by atoms with van der Waals surface area (Å²) in [4.78, 5) is 33.0. The van der Waals surface area contributed by atoms with E-state index in [2.05, 4.69) is 5.32 Å². The maximum atomic E-state index is 11.5. The number of carbonyl (C=O) groups is 3. The summed E-state index contributed by atoms with van der Waals surface area (Å²) in [5.41, 5.74) is 5.65. The van der Waals surface area contributed by atoms with Gasteiger partial charge in [-0.1, -0.05) is 0 Å². The van der Waals surface area contributed by atoms with Crippen LogP contribution in [-0.2, 0) is 14.4 Å². The van der Waals surface area contributed by atoms with Crippen molar-refractivity contribution < 1.29 is 24.6 Å². The van der Waals surface area contributed by atoms with Crippen LogP contribution in [0.1, 0.15) is 19.3 Å². The first kappa shape index (κ1) is 19.6. The van der Waals surface area contributed by atoms with Crippen LogP contribution in [0.2, 0.25) is 11.1 Å². The van der Waals surface area contributed by atoms with Crippen molar-refractivity contribution in [3.63, 3.8) is 0 Å². The van der Waals surface area contributed by atoms with Gasteiger partial charge in [0.25, 0.3) is 0 Å². The number of carboxylic acid groups (broad SMARTS) is 2. The molecule has 0 aromatic rings. The Balaban J connectivity index is 3.88. The molecule has 116 valence electrons. The van der Waals surface area contributed by atoms with Gasteiger partial charge in [-0.25, -0.2) is 0 Å². The molecule has 0 aliphatic carbocycles. The molecule has 0 saturated carbocycles. The first-order chi connectivity index (χ1) is 9.38. The molecule has 7 nitrogen and oxygen atoms in total. The Kier molecular flexibility index (Phi) is 11.0. The molecule has 0 fully saturated rings. The summed E-state index contributed by atoms with van der Waals surface area (Å²) in [6.45, 7) is 0. The van der Waals surface area contributed by atoms with E-state index in [4.69, 9.17) is 15.9 Å². The third-order valence-electron chi connectivity index (χ3n) is 2.45. The van der Waals surface area contributed by atoms with Crippen molar-refractivity contribution >= 4 is 46.5 Å². The Morgan fingerprint density at radius 3 is 2.35 bits per heavy atom. The fourth-order valence-electron chi connectivity index (χ4n) is 1.24. The zero-order valence-corrected chi connectivity index (χ0v) is 14.6. The van der Waals surface area contributed by atoms with Gasteiger partial charge in [-0.2, -0.15) is 0 Å². The van der Waals surface area contributed by atoms with Gasteiger partial charge in [0.1, 0.15) is 0 Å². The standard InChI is InChI=1S/C11H20N2O5Se2/c1-19-5-4-8(11(17)18)13-6-20-9(14)3-2-7(12)10(15)16/h7-8,13H,2-6,12H2,1H3,(H,15,16)(H,17,18)/t7-,8-/m0/s1.